The van der Waals surface area contributed by atoms with Crippen LogP contribution in [0.2, 0.25) is 0 Å². The number of ether oxygens (including phenoxy) is 1. The fourth-order valence-electron chi connectivity index (χ4n) is 5.33. The minimum Gasteiger partial charge on any atom is -0.379 e. The molecule has 0 unspecified atom stereocenters. The van der Waals surface area contributed by atoms with Gasteiger partial charge in [0.15, 0.2) is 0 Å². The molecule has 0 aromatic heterocycles. The van der Waals surface area contributed by atoms with Crippen LogP contribution < -0.4 is 5.32 Å². The molecular weight excluding hydrogens is 414 g/mol. The van der Waals surface area contributed by atoms with Gasteiger partial charge in [-0.2, -0.15) is 4.31 Å². The van der Waals surface area contributed by atoms with E-state index < -0.39 is 10.0 Å². The van der Waals surface area contributed by atoms with Crippen LogP contribution in [0.25, 0.3) is 0 Å². The summed E-state index contributed by atoms with van der Waals surface area (Å²) in [5, 5.41) is 3.13. The molecule has 1 aliphatic carbocycles. The summed E-state index contributed by atoms with van der Waals surface area (Å²) in [5.74, 6) is -0.297. The van der Waals surface area contributed by atoms with Crippen molar-refractivity contribution in [2.75, 3.05) is 45.9 Å². The highest BCUT2D eigenvalue weighted by Gasteiger charge is 2.39. The van der Waals surface area contributed by atoms with Crippen LogP contribution in [-0.2, 0) is 14.8 Å². The Morgan fingerprint density at radius 2 is 1.58 bits per heavy atom. The quantitative estimate of drug-likeness (QED) is 0.722. The summed E-state index contributed by atoms with van der Waals surface area (Å²) in [7, 11) is -3.73. The number of morpholine rings is 1. The molecule has 1 N–H and O–H groups in total. The summed E-state index contributed by atoms with van der Waals surface area (Å²) in [6, 6.07) is 6.58. The van der Waals surface area contributed by atoms with Crippen molar-refractivity contribution in [3.05, 3.63) is 29.8 Å². The third kappa shape index (κ3) is 4.97. The predicted molar refractivity (Wildman–Crippen MR) is 120 cm³/mol. The van der Waals surface area contributed by atoms with Crippen LogP contribution in [0, 0.1) is 0 Å². The summed E-state index contributed by atoms with van der Waals surface area (Å²) in [4.78, 5) is 15.9. The molecular formula is C23H35N3O4S. The fraction of sp³-hybridized carbons (Fsp3) is 0.696. The topological polar surface area (TPSA) is 79.0 Å². The number of amides is 1. The number of likely N-dealkylation sites (tertiary alicyclic amines) is 1. The van der Waals surface area contributed by atoms with Crippen LogP contribution in [0.15, 0.2) is 29.2 Å². The highest BCUT2D eigenvalue weighted by atomic mass is 32.2. The molecule has 2 saturated heterocycles. The standard InChI is InChI=1S/C23H35N3O4S/c27-22(24-19-23(11-5-1-6-12-23)25-13-7-2-8-14-25)20-9-3-4-10-21(20)31(28,29)26-15-17-30-18-16-26/h3-4,9-10H,1-2,5-8,11-19H2,(H,24,27). The smallest absolute Gasteiger partial charge is 0.252 e. The lowest BCUT2D eigenvalue weighted by molar-refractivity contribution is 0.0326. The van der Waals surface area contributed by atoms with Crippen molar-refractivity contribution in [3.63, 3.8) is 0 Å². The van der Waals surface area contributed by atoms with E-state index in [0.29, 0.717) is 32.8 Å². The molecule has 0 bridgehead atoms. The number of sulfonamides is 1. The fourth-order valence-corrected chi connectivity index (χ4v) is 6.93. The molecule has 2 heterocycles. The number of carbonyl (C=O) groups excluding carboxylic acids is 1. The molecule has 31 heavy (non-hydrogen) atoms. The Morgan fingerprint density at radius 1 is 0.935 bits per heavy atom. The molecule has 0 spiro atoms. The Balaban J connectivity index is 1.52. The first-order valence-corrected chi connectivity index (χ1v) is 13.2. The molecule has 172 valence electrons. The lowest BCUT2D eigenvalue weighted by atomic mass is 9.79. The maximum Gasteiger partial charge on any atom is 0.252 e. The highest BCUT2D eigenvalue weighted by molar-refractivity contribution is 7.89. The summed E-state index contributed by atoms with van der Waals surface area (Å²) in [5.41, 5.74) is 0.241. The van der Waals surface area contributed by atoms with Crippen LogP contribution in [0.1, 0.15) is 61.7 Å². The molecule has 8 heteroatoms. The van der Waals surface area contributed by atoms with E-state index in [4.69, 9.17) is 4.74 Å². The van der Waals surface area contributed by atoms with E-state index in [1.807, 2.05) is 0 Å². The predicted octanol–water partition coefficient (Wildman–Crippen LogP) is 2.63. The molecule has 2 aliphatic heterocycles. The van der Waals surface area contributed by atoms with Crippen molar-refractivity contribution in [1.29, 1.82) is 0 Å². The summed E-state index contributed by atoms with van der Waals surface area (Å²) in [6.07, 6.45) is 9.55. The van der Waals surface area contributed by atoms with E-state index in [1.165, 1.54) is 42.8 Å². The van der Waals surface area contributed by atoms with Gasteiger partial charge in [-0.1, -0.05) is 37.8 Å². The van der Waals surface area contributed by atoms with Crippen LogP contribution in [-0.4, -0.2) is 75.0 Å². The van der Waals surface area contributed by atoms with Gasteiger partial charge in [-0.25, -0.2) is 8.42 Å². The largest absolute Gasteiger partial charge is 0.379 e. The number of carbonyl (C=O) groups is 1. The van der Waals surface area contributed by atoms with Gasteiger partial charge in [0.25, 0.3) is 5.91 Å². The van der Waals surface area contributed by atoms with E-state index >= 15 is 0 Å². The summed E-state index contributed by atoms with van der Waals surface area (Å²) >= 11 is 0. The van der Waals surface area contributed by atoms with Crippen LogP contribution in [0.3, 0.4) is 0 Å². The van der Waals surface area contributed by atoms with Crippen LogP contribution >= 0.6 is 0 Å². The molecule has 7 nitrogen and oxygen atoms in total. The first-order valence-electron chi connectivity index (χ1n) is 11.7. The molecule has 0 radical (unpaired) electrons. The van der Waals surface area contributed by atoms with E-state index in [9.17, 15) is 13.2 Å². The van der Waals surface area contributed by atoms with Crippen molar-refractivity contribution >= 4 is 15.9 Å². The normalized spacial score (nSPS) is 23.4. The van der Waals surface area contributed by atoms with Crippen molar-refractivity contribution in [2.24, 2.45) is 0 Å². The zero-order valence-corrected chi connectivity index (χ0v) is 19.2. The Kier molecular flexibility index (Phi) is 7.31. The van der Waals surface area contributed by atoms with Gasteiger partial charge in [0.1, 0.15) is 0 Å². The first-order chi connectivity index (χ1) is 15.0. The van der Waals surface area contributed by atoms with Crippen LogP contribution in [0.4, 0.5) is 0 Å². The van der Waals surface area contributed by atoms with Gasteiger partial charge in [0.05, 0.1) is 23.7 Å². The molecule has 1 saturated carbocycles. The highest BCUT2D eigenvalue weighted by Crippen LogP contribution is 2.35. The lowest BCUT2D eigenvalue weighted by Gasteiger charge is -2.48. The van der Waals surface area contributed by atoms with E-state index in [0.717, 1.165) is 25.9 Å². The number of nitrogens with one attached hydrogen (secondary N) is 1. The van der Waals surface area contributed by atoms with Gasteiger partial charge in [-0.05, 0) is 50.9 Å². The SMILES string of the molecule is O=C(NCC1(N2CCCCC2)CCCCC1)c1ccccc1S(=O)(=O)N1CCOCC1. The van der Waals surface area contributed by atoms with Gasteiger partial charge >= 0.3 is 0 Å². The van der Waals surface area contributed by atoms with E-state index in [1.54, 1.807) is 24.3 Å². The third-order valence-electron chi connectivity index (χ3n) is 7.11. The number of piperidine rings is 1. The van der Waals surface area contributed by atoms with E-state index in [-0.39, 0.29) is 21.9 Å². The second-order valence-corrected chi connectivity index (χ2v) is 10.9. The van der Waals surface area contributed by atoms with E-state index in [2.05, 4.69) is 10.2 Å². The summed E-state index contributed by atoms with van der Waals surface area (Å²) in [6.45, 7) is 4.16. The number of hydrogen-bond donors (Lipinski definition) is 1. The average Bonchev–Trinajstić information content (AvgIpc) is 2.84. The maximum absolute atomic E-state index is 13.2. The number of hydrogen-bond acceptors (Lipinski definition) is 5. The Bertz CT molecular complexity index is 855. The zero-order valence-electron chi connectivity index (χ0n) is 18.4. The minimum absolute atomic E-state index is 0.00631. The van der Waals surface area contributed by atoms with Gasteiger partial charge < -0.3 is 10.1 Å². The Labute approximate surface area is 186 Å². The minimum atomic E-state index is -3.73. The monoisotopic (exact) mass is 449 g/mol. The van der Waals surface area contributed by atoms with Gasteiger partial charge in [0, 0.05) is 25.2 Å². The Morgan fingerprint density at radius 3 is 2.29 bits per heavy atom. The van der Waals surface area contributed by atoms with Crippen molar-refractivity contribution in [2.45, 2.75) is 61.8 Å². The molecule has 3 aliphatic rings. The second kappa shape index (κ2) is 9.98. The Hall–Kier alpha value is -1.48. The number of nitrogens with zero attached hydrogens (tertiary/aromatic N) is 2. The van der Waals surface area contributed by atoms with Crippen molar-refractivity contribution in [1.82, 2.24) is 14.5 Å². The molecule has 1 aromatic rings. The number of benzene rings is 1. The third-order valence-corrected chi connectivity index (χ3v) is 9.07. The molecule has 0 atom stereocenters. The molecule has 1 aromatic carbocycles. The molecule has 3 fully saturated rings. The van der Waals surface area contributed by atoms with Gasteiger partial charge in [0.2, 0.25) is 10.0 Å². The summed E-state index contributed by atoms with van der Waals surface area (Å²) < 4.78 is 33.1. The number of rotatable bonds is 6. The van der Waals surface area contributed by atoms with Gasteiger partial charge in [-0.15, -0.1) is 0 Å². The average molecular weight is 450 g/mol. The van der Waals surface area contributed by atoms with Crippen molar-refractivity contribution in [3.8, 4) is 0 Å². The van der Waals surface area contributed by atoms with Crippen molar-refractivity contribution < 1.29 is 17.9 Å². The zero-order chi connectivity index (χ0) is 21.7. The first kappa shape index (κ1) is 22.7. The molecule has 1 amide bonds. The lowest BCUT2D eigenvalue weighted by Crippen LogP contribution is -2.58. The van der Waals surface area contributed by atoms with Crippen LogP contribution in [0.5, 0.6) is 0 Å². The maximum atomic E-state index is 13.2. The second-order valence-electron chi connectivity index (χ2n) is 9.03. The molecule has 4 rings (SSSR count). The van der Waals surface area contributed by atoms with Gasteiger partial charge in [-0.3, -0.25) is 9.69 Å².